The van der Waals surface area contributed by atoms with Gasteiger partial charge in [-0.2, -0.15) is 0 Å². The van der Waals surface area contributed by atoms with Crippen molar-refractivity contribution < 1.29 is 14.0 Å². The van der Waals surface area contributed by atoms with Crippen LogP contribution in [0.15, 0.2) is 34.7 Å². The number of Topliss-reactive ketones (excluding diaryl/α,β-unsaturated/α-hetero) is 2. The van der Waals surface area contributed by atoms with Crippen molar-refractivity contribution in [1.29, 1.82) is 0 Å². The maximum atomic E-state index is 11.5. The van der Waals surface area contributed by atoms with Gasteiger partial charge in [0.1, 0.15) is 11.4 Å². The number of rotatable bonds is 3. The molecule has 0 aliphatic carbocycles. The van der Waals surface area contributed by atoms with Gasteiger partial charge in [0.25, 0.3) is 0 Å². The first-order valence-corrected chi connectivity index (χ1v) is 4.68. The van der Waals surface area contributed by atoms with E-state index in [1.54, 1.807) is 12.1 Å². The summed E-state index contributed by atoms with van der Waals surface area (Å²) in [5.74, 6) is -0.162. The summed E-state index contributed by atoms with van der Waals surface area (Å²) in [6.07, 6.45) is -0.0974. The summed E-state index contributed by atoms with van der Waals surface area (Å²) >= 11 is 0. The lowest BCUT2D eigenvalue weighted by Gasteiger charge is -1.90. The molecule has 0 saturated carbocycles. The number of hydrogen-bond donors (Lipinski definition) is 0. The van der Waals surface area contributed by atoms with Gasteiger partial charge in [-0.25, -0.2) is 0 Å². The molecular weight excluding hydrogens is 192 g/mol. The van der Waals surface area contributed by atoms with Gasteiger partial charge in [-0.1, -0.05) is 18.2 Å². The molecule has 1 aromatic carbocycles. The zero-order valence-corrected chi connectivity index (χ0v) is 8.32. The van der Waals surface area contributed by atoms with E-state index in [2.05, 4.69) is 0 Å². The van der Waals surface area contributed by atoms with Crippen LogP contribution in [0.25, 0.3) is 11.0 Å². The quantitative estimate of drug-likeness (QED) is 0.567. The Hall–Kier alpha value is -1.90. The smallest absolute Gasteiger partial charge is 0.205 e. The second-order valence-electron chi connectivity index (χ2n) is 3.45. The Bertz CT molecular complexity index is 489. The lowest BCUT2D eigenvalue weighted by atomic mass is 10.1. The first-order valence-electron chi connectivity index (χ1n) is 4.68. The van der Waals surface area contributed by atoms with Crippen molar-refractivity contribution >= 4 is 22.5 Å². The van der Waals surface area contributed by atoms with E-state index in [-0.39, 0.29) is 23.7 Å². The molecule has 0 N–H and O–H groups in total. The van der Waals surface area contributed by atoms with Crippen molar-refractivity contribution in [3.8, 4) is 0 Å². The summed E-state index contributed by atoms with van der Waals surface area (Å²) in [6, 6.07) is 9.03. The van der Waals surface area contributed by atoms with Gasteiger partial charge in [0.15, 0.2) is 5.76 Å². The SMILES string of the molecule is CC(=O)CC(=O)c1cc2ccccc2o1. The standard InChI is InChI=1S/C12H10O3/c1-8(13)6-10(14)12-7-9-4-2-3-5-11(9)15-12/h2-5,7H,6H2,1H3. The van der Waals surface area contributed by atoms with Crippen LogP contribution in [0.1, 0.15) is 23.9 Å². The van der Waals surface area contributed by atoms with Crippen molar-refractivity contribution in [2.75, 3.05) is 0 Å². The first kappa shape index (κ1) is 9.65. The molecule has 1 aromatic heterocycles. The molecule has 0 unspecified atom stereocenters. The molecule has 0 fully saturated rings. The number of benzene rings is 1. The molecule has 0 radical (unpaired) electrons. The highest BCUT2D eigenvalue weighted by Gasteiger charge is 2.13. The molecule has 3 heteroatoms. The predicted molar refractivity (Wildman–Crippen MR) is 55.8 cm³/mol. The third kappa shape index (κ3) is 1.96. The van der Waals surface area contributed by atoms with Gasteiger partial charge in [-0.15, -0.1) is 0 Å². The van der Waals surface area contributed by atoms with Gasteiger partial charge in [-0.05, 0) is 19.1 Å². The first-order chi connectivity index (χ1) is 7.16. The van der Waals surface area contributed by atoms with Crippen LogP contribution >= 0.6 is 0 Å². The molecular formula is C12H10O3. The lowest BCUT2D eigenvalue weighted by molar-refractivity contribution is -0.116. The third-order valence-corrected chi connectivity index (χ3v) is 2.11. The van der Waals surface area contributed by atoms with E-state index in [1.807, 2.05) is 18.2 Å². The summed E-state index contributed by atoms with van der Waals surface area (Å²) in [5, 5.41) is 0.879. The van der Waals surface area contributed by atoms with E-state index in [9.17, 15) is 9.59 Å². The molecule has 0 amide bonds. The van der Waals surface area contributed by atoms with Crippen LogP contribution < -0.4 is 0 Å². The molecule has 2 aromatic rings. The van der Waals surface area contributed by atoms with Crippen LogP contribution in [0.4, 0.5) is 0 Å². The average molecular weight is 202 g/mol. The highest BCUT2D eigenvalue weighted by Crippen LogP contribution is 2.19. The fourth-order valence-electron chi connectivity index (χ4n) is 1.43. The van der Waals surface area contributed by atoms with E-state index in [0.717, 1.165) is 5.39 Å². The van der Waals surface area contributed by atoms with Crippen molar-refractivity contribution in [2.24, 2.45) is 0 Å². The topological polar surface area (TPSA) is 47.3 Å². The van der Waals surface area contributed by atoms with E-state index in [1.165, 1.54) is 6.92 Å². The predicted octanol–water partition coefficient (Wildman–Crippen LogP) is 2.59. The monoisotopic (exact) mass is 202 g/mol. The fourth-order valence-corrected chi connectivity index (χ4v) is 1.43. The van der Waals surface area contributed by atoms with Crippen molar-refractivity contribution in [1.82, 2.24) is 0 Å². The van der Waals surface area contributed by atoms with Crippen molar-refractivity contribution in [3.63, 3.8) is 0 Å². The van der Waals surface area contributed by atoms with Crippen LogP contribution in [-0.4, -0.2) is 11.6 Å². The number of carbonyl (C=O) groups excluding carboxylic acids is 2. The lowest BCUT2D eigenvalue weighted by Crippen LogP contribution is -2.03. The number of carbonyl (C=O) groups is 2. The minimum Gasteiger partial charge on any atom is -0.453 e. The molecule has 15 heavy (non-hydrogen) atoms. The highest BCUT2D eigenvalue weighted by atomic mass is 16.3. The minimum atomic E-state index is -0.265. The largest absolute Gasteiger partial charge is 0.453 e. The van der Waals surface area contributed by atoms with E-state index >= 15 is 0 Å². The van der Waals surface area contributed by atoms with Crippen molar-refractivity contribution in [2.45, 2.75) is 13.3 Å². The maximum Gasteiger partial charge on any atom is 0.205 e. The number of furan rings is 1. The van der Waals surface area contributed by atoms with E-state index < -0.39 is 0 Å². The molecule has 3 nitrogen and oxygen atoms in total. The number of para-hydroxylation sites is 1. The molecule has 0 spiro atoms. The fraction of sp³-hybridized carbons (Fsp3) is 0.167. The average Bonchev–Trinajstić information content (AvgIpc) is 2.59. The second kappa shape index (κ2) is 3.69. The van der Waals surface area contributed by atoms with Crippen molar-refractivity contribution in [3.05, 3.63) is 36.1 Å². The molecule has 2 rings (SSSR count). The van der Waals surface area contributed by atoms with E-state index in [4.69, 9.17) is 4.42 Å². The Kier molecular flexibility index (Phi) is 2.37. The van der Waals surface area contributed by atoms with Gasteiger partial charge in [0.2, 0.25) is 5.78 Å². The molecule has 1 heterocycles. The van der Waals surface area contributed by atoms with Crippen LogP contribution in [0.2, 0.25) is 0 Å². The van der Waals surface area contributed by atoms with Gasteiger partial charge < -0.3 is 4.42 Å². The molecule has 76 valence electrons. The molecule has 0 aliphatic heterocycles. The maximum absolute atomic E-state index is 11.5. The number of hydrogen-bond acceptors (Lipinski definition) is 3. The van der Waals surface area contributed by atoms with Gasteiger partial charge in [0.05, 0.1) is 6.42 Å². The number of fused-ring (bicyclic) bond motifs is 1. The van der Waals surface area contributed by atoms with Crippen LogP contribution in [0.3, 0.4) is 0 Å². The Morgan fingerprint density at radius 2 is 2.00 bits per heavy atom. The second-order valence-corrected chi connectivity index (χ2v) is 3.45. The Balaban J connectivity index is 2.36. The van der Waals surface area contributed by atoms with Crippen LogP contribution in [-0.2, 0) is 4.79 Å². The highest BCUT2D eigenvalue weighted by molar-refractivity contribution is 6.07. The Morgan fingerprint density at radius 1 is 1.27 bits per heavy atom. The zero-order valence-electron chi connectivity index (χ0n) is 8.32. The number of ketones is 2. The Labute approximate surface area is 86.7 Å². The van der Waals surface area contributed by atoms with Gasteiger partial charge in [0, 0.05) is 5.39 Å². The van der Waals surface area contributed by atoms with Crippen LogP contribution in [0, 0.1) is 0 Å². The van der Waals surface area contributed by atoms with Crippen LogP contribution in [0.5, 0.6) is 0 Å². The molecule has 0 saturated heterocycles. The molecule has 0 bridgehead atoms. The van der Waals surface area contributed by atoms with Gasteiger partial charge in [-0.3, -0.25) is 9.59 Å². The van der Waals surface area contributed by atoms with Gasteiger partial charge >= 0.3 is 0 Å². The minimum absolute atomic E-state index is 0.0974. The molecule has 0 atom stereocenters. The summed E-state index contributed by atoms with van der Waals surface area (Å²) in [4.78, 5) is 22.3. The van der Waals surface area contributed by atoms with E-state index in [0.29, 0.717) is 5.58 Å². The summed E-state index contributed by atoms with van der Waals surface area (Å²) < 4.78 is 5.33. The normalized spacial score (nSPS) is 10.5. The summed E-state index contributed by atoms with van der Waals surface area (Å²) in [5.41, 5.74) is 0.671. The zero-order chi connectivity index (χ0) is 10.8. The third-order valence-electron chi connectivity index (χ3n) is 2.11. The molecule has 0 aliphatic rings. The Morgan fingerprint density at radius 3 is 2.67 bits per heavy atom. The summed E-state index contributed by atoms with van der Waals surface area (Å²) in [7, 11) is 0. The summed E-state index contributed by atoms with van der Waals surface area (Å²) in [6.45, 7) is 1.39.